The molecule has 1 atom stereocenters. The number of nitrogens with one attached hydrogen (secondary N) is 1. The summed E-state index contributed by atoms with van der Waals surface area (Å²) in [6, 6.07) is 7.25. The zero-order valence-corrected chi connectivity index (χ0v) is 10.6. The lowest BCUT2D eigenvalue weighted by Crippen LogP contribution is -2.25. The van der Waals surface area contributed by atoms with Crippen molar-refractivity contribution in [2.24, 2.45) is 0 Å². The van der Waals surface area contributed by atoms with Crippen LogP contribution in [0.4, 0.5) is 11.4 Å². The number of carboxylic acid groups (broad SMARTS) is 1. The molecule has 2 N–H and O–H groups in total. The molecule has 0 aromatic heterocycles. The van der Waals surface area contributed by atoms with Gasteiger partial charge in [0.2, 0.25) is 0 Å². The summed E-state index contributed by atoms with van der Waals surface area (Å²) < 4.78 is 0. The minimum absolute atomic E-state index is 0.575. The Morgan fingerprint density at radius 2 is 1.82 bits per heavy atom. The summed E-state index contributed by atoms with van der Waals surface area (Å²) in [6.45, 7) is 7.79. The number of carboxylic acids is 1. The standard InChI is InChI=1S/C13H20N2O2/c1-4-15(5-2)12-8-6-11(7-9-12)14-10(3)13(16)17/h6-10,14H,4-5H2,1-3H3,(H,16,17). The first kappa shape index (κ1) is 13.4. The second kappa shape index (κ2) is 6.13. The van der Waals surface area contributed by atoms with Crippen molar-refractivity contribution in [3.63, 3.8) is 0 Å². The third-order valence-electron chi connectivity index (χ3n) is 2.75. The minimum Gasteiger partial charge on any atom is -0.480 e. The van der Waals surface area contributed by atoms with Crippen molar-refractivity contribution < 1.29 is 9.90 Å². The summed E-state index contributed by atoms with van der Waals surface area (Å²) in [7, 11) is 0. The van der Waals surface area contributed by atoms with E-state index in [1.165, 1.54) is 0 Å². The van der Waals surface area contributed by atoms with Gasteiger partial charge in [-0.3, -0.25) is 4.79 Å². The topological polar surface area (TPSA) is 52.6 Å². The second-order valence-electron chi connectivity index (χ2n) is 3.92. The first-order chi connectivity index (χ1) is 8.08. The van der Waals surface area contributed by atoms with Crippen molar-refractivity contribution in [1.82, 2.24) is 0 Å². The molecule has 4 nitrogen and oxygen atoms in total. The van der Waals surface area contributed by atoms with Crippen LogP contribution in [-0.2, 0) is 4.79 Å². The van der Waals surface area contributed by atoms with Crippen LogP contribution in [0.5, 0.6) is 0 Å². The van der Waals surface area contributed by atoms with E-state index < -0.39 is 12.0 Å². The molecule has 0 amide bonds. The van der Waals surface area contributed by atoms with E-state index in [-0.39, 0.29) is 0 Å². The van der Waals surface area contributed by atoms with Crippen molar-refractivity contribution in [3.8, 4) is 0 Å². The molecule has 0 saturated heterocycles. The van der Waals surface area contributed by atoms with Crippen LogP contribution in [-0.4, -0.2) is 30.2 Å². The van der Waals surface area contributed by atoms with E-state index in [9.17, 15) is 4.79 Å². The van der Waals surface area contributed by atoms with Gasteiger partial charge in [0.25, 0.3) is 0 Å². The van der Waals surface area contributed by atoms with Gasteiger partial charge < -0.3 is 15.3 Å². The lowest BCUT2D eigenvalue weighted by molar-refractivity contribution is -0.137. The van der Waals surface area contributed by atoms with E-state index in [1.54, 1.807) is 6.92 Å². The van der Waals surface area contributed by atoms with Crippen LogP contribution >= 0.6 is 0 Å². The fourth-order valence-electron chi connectivity index (χ4n) is 1.67. The van der Waals surface area contributed by atoms with Gasteiger partial charge in [-0.25, -0.2) is 0 Å². The number of aliphatic carboxylic acids is 1. The maximum Gasteiger partial charge on any atom is 0.325 e. The molecule has 0 aliphatic heterocycles. The van der Waals surface area contributed by atoms with Gasteiger partial charge in [-0.15, -0.1) is 0 Å². The SMILES string of the molecule is CCN(CC)c1ccc(NC(C)C(=O)O)cc1. The van der Waals surface area contributed by atoms with E-state index in [0.717, 1.165) is 24.5 Å². The predicted molar refractivity (Wildman–Crippen MR) is 70.7 cm³/mol. The molecule has 0 bridgehead atoms. The molecular formula is C13H20N2O2. The van der Waals surface area contributed by atoms with Crippen LogP contribution in [0.1, 0.15) is 20.8 Å². The number of carbonyl (C=O) groups is 1. The van der Waals surface area contributed by atoms with Gasteiger partial charge >= 0.3 is 5.97 Å². The average Bonchev–Trinajstić information content (AvgIpc) is 2.32. The zero-order valence-electron chi connectivity index (χ0n) is 10.6. The van der Waals surface area contributed by atoms with Crippen LogP contribution in [0.2, 0.25) is 0 Å². The maximum absolute atomic E-state index is 10.7. The summed E-state index contributed by atoms with van der Waals surface area (Å²) in [4.78, 5) is 12.9. The normalized spacial score (nSPS) is 11.9. The van der Waals surface area contributed by atoms with E-state index in [2.05, 4.69) is 24.1 Å². The lowest BCUT2D eigenvalue weighted by atomic mass is 10.2. The fourth-order valence-corrected chi connectivity index (χ4v) is 1.67. The van der Waals surface area contributed by atoms with Crippen molar-refractivity contribution in [2.75, 3.05) is 23.3 Å². The first-order valence-corrected chi connectivity index (χ1v) is 5.92. The van der Waals surface area contributed by atoms with Crippen molar-refractivity contribution in [3.05, 3.63) is 24.3 Å². The van der Waals surface area contributed by atoms with Gasteiger partial charge in [0, 0.05) is 24.5 Å². The van der Waals surface area contributed by atoms with Gasteiger partial charge in [-0.2, -0.15) is 0 Å². The summed E-state index contributed by atoms with van der Waals surface area (Å²) in [5, 5.41) is 11.7. The Balaban J connectivity index is 2.71. The third-order valence-corrected chi connectivity index (χ3v) is 2.75. The zero-order chi connectivity index (χ0) is 12.8. The summed E-state index contributed by atoms with van der Waals surface area (Å²) in [5.74, 6) is -0.849. The average molecular weight is 236 g/mol. The molecule has 0 saturated carbocycles. The molecule has 1 unspecified atom stereocenters. The van der Waals surface area contributed by atoms with E-state index in [4.69, 9.17) is 5.11 Å². The molecule has 0 aliphatic carbocycles. The Morgan fingerprint density at radius 3 is 2.24 bits per heavy atom. The third kappa shape index (κ3) is 3.66. The first-order valence-electron chi connectivity index (χ1n) is 5.92. The lowest BCUT2D eigenvalue weighted by Gasteiger charge is -2.21. The quantitative estimate of drug-likeness (QED) is 0.796. The molecule has 94 valence electrons. The number of nitrogens with zero attached hydrogens (tertiary/aromatic N) is 1. The Morgan fingerprint density at radius 1 is 1.29 bits per heavy atom. The van der Waals surface area contributed by atoms with Crippen LogP contribution in [0.15, 0.2) is 24.3 Å². The number of rotatable bonds is 6. The number of hydrogen-bond acceptors (Lipinski definition) is 3. The van der Waals surface area contributed by atoms with Gasteiger partial charge in [-0.1, -0.05) is 0 Å². The van der Waals surface area contributed by atoms with Crippen LogP contribution in [0, 0.1) is 0 Å². The van der Waals surface area contributed by atoms with E-state index >= 15 is 0 Å². The van der Waals surface area contributed by atoms with Crippen LogP contribution < -0.4 is 10.2 Å². The second-order valence-corrected chi connectivity index (χ2v) is 3.92. The number of benzene rings is 1. The summed E-state index contributed by atoms with van der Waals surface area (Å²) in [6.07, 6.45) is 0. The Bertz CT molecular complexity index is 358. The maximum atomic E-state index is 10.7. The van der Waals surface area contributed by atoms with Crippen LogP contribution in [0.25, 0.3) is 0 Å². The van der Waals surface area contributed by atoms with Crippen LogP contribution in [0.3, 0.4) is 0 Å². The molecule has 17 heavy (non-hydrogen) atoms. The van der Waals surface area contributed by atoms with Gasteiger partial charge in [0.1, 0.15) is 6.04 Å². The monoisotopic (exact) mass is 236 g/mol. The minimum atomic E-state index is -0.849. The number of anilines is 2. The largest absolute Gasteiger partial charge is 0.480 e. The summed E-state index contributed by atoms with van der Waals surface area (Å²) >= 11 is 0. The predicted octanol–water partition coefficient (Wildman–Crippen LogP) is 2.42. The Labute approximate surface area is 102 Å². The molecule has 0 heterocycles. The fraction of sp³-hybridized carbons (Fsp3) is 0.462. The van der Waals surface area contributed by atoms with Crippen molar-refractivity contribution in [2.45, 2.75) is 26.8 Å². The highest BCUT2D eigenvalue weighted by molar-refractivity contribution is 5.76. The molecule has 0 aliphatic rings. The van der Waals surface area contributed by atoms with Crippen molar-refractivity contribution in [1.29, 1.82) is 0 Å². The highest BCUT2D eigenvalue weighted by Gasteiger charge is 2.10. The van der Waals surface area contributed by atoms with E-state index in [1.807, 2.05) is 24.3 Å². The summed E-state index contributed by atoms with van der Waals surface area (Å²) in [5.41, 5.74) is 1.99. The molecule has 1 aromatic rings. The molecule has 1 aromatic carbocycles. The molecule has 1 rings (SSSR count). The number of hydrogen-bond donors (Lipinski definition) is 2. The Hall–Kier alpha value is -1.71. The molecule has 0 fully saturated rings. The van der Waals surface area contributed by atoms with E-state index in [0.29, 0.717) is 0 Å². The smallest absolute Gasteiger partial charge is 0.325 e. The van der Waals surface area contributed by atoms with Gasteiger partial charge in [-0.05, 0) is 45.0 Å². The highest BCUT2D eigenvalue weighted by Crippen LogP contribution is 2.18. The molecular weight excluding hydrogens is 216 g/mol. The van der Waals surface area contributed by atoms with Crippen molar-refractivity contribution >= 4 is 17.3 Å². The molecule has 4 heteroatoms. The Kier molecular flexibility index (Phi) is 4.82. The molecule has 0 radical (unpaired) electrons. The van der Waals surface area contributed by atoms with Gasteiger partial charge in [0.05, 0.1) is 0 Å². The van der Waals surface area contributed by atoms with Gasteiger partial charge in [0.15, 0.2) is 0 Å². The highest BCUT2D eigenvalue weighted by atomic mass is 16.4. The molecule has 0 spiro atoms.